The third kappa shape index (κ3) is 4.62. The van der Waals surface area contributed by atoms with Crippen LogP contribution >= 0.6 is 15.9 Å². The molecule has 24 heavy (non-hydrogen) atoms. The van der Waals surface area contributed by atoms with Crippen molar-refractivity contribution >= 4 is 33.4 Å². The molecule has 0 aliphatic carbocycles. The lowest BCUT2D eigenvalue weighted by Gasteiger charge is -2.34. The van der Waals surface area contributed by atoms with E-state index in [0.29, 0.717) is 26.2 Å². The van der Waals surface area contributed by atoms with Crippen LogP contribution < -0.4 is 5.32 Å². The van der Waals surface area contributed by atoms with E-state index in [1.165, 1.54) is 19.1 Å². The highest BCUT2D eigenvalue weighted by molar-refractivity contribution is 9.10. The average molecular weight is 408 g/mol. The van der Waals surface area contributed by atoms with Gasteiger partial charge in [0.05, 0.1) is 12.1 Å². The van der Waals surface area contributed by atoms with Gasteiger partial charge < -0.3 is 15.1 Å². The average Bonchev–Trinajstić information content (AvgIpc) is 2.52. The van der Waals surface area contributed by atoms with Crippen LogP contribution in [0.2, 0.25) is 0 Å². The first kappa shape index (κ1) is 18.6. The maximum atomic E-state index is 12.9. The lowest BCUT2D eigenvalue weighted by Crippen LogP contribution is -2.51. The fourth-order valence-corrected chi connectivity index (χ4v) is 2.88. The van der Waals surface area contributed by atoms with Crippen molar-refractivity contribution in [2.45, 2.75) is 13.1 Å². The molecule has 1 fully saturated rings. The number of nitrogens with zero attached hydrogens (tertiary/aromatic N) is 2. The first-order valence-electron chi connectivity index (χ1n) is 7.32. The Hall–Kier alpha value is -1.77. The van der Waals surface area contributed by atoms with Crippen LogP contribution in [0.3, 0.4) is 0 Å². The summed E-state index contributed by atoms with van der Waals surface area (Å²) in [5.74, 6) is -0.246. The Labute approximate surface area is 145 Å². The standard InChI is InChI=1S/C15H17BrF3N3O2/c1-10(23)21-4-6-22(7-5-21)14(24)9-20-11-2-3-13(16)12(8-11)15(17,18)19/h2-3,8,20H,4-7,9H2,1H3. The number of alkyl halides is 3. The predicted molar refractivity (Wildman–Crippen MR) is 86.5 cm³/mol. The Bertz CT molecular complexity index is 629. The van der Waals surface area contributed by atoms with E-state index in [1.807, 2.05) is 0 Å². The zero-order valence-electron chi connectivity index (χ0n) is 13.0. The minimum atomic E-state index is -4.47. The first-order valence-corrected chi connectivity index (χ1v) is 8.11. The highest BCUT2D eigenvalue weighted by atomic mass is 79.9. The van der Waals surface area contributed by atoms with Gasteiger partial charge in [0.1, 0.15) is 0 Å². The van der Waals surface area contributed by atoms with Gasteiger partial charge in [-0.2, -0.15) is 13.2 Å². The molecular weight excluding hydrogens is 391 g/mol. The largest absolute Gasteiger partial charge is 0.417 e. The summed E-state index contributed by atoms with van der Waals surface area (Å²) in [7, 11) is 0. The monoisotopic (exact) mass is 407 g/mol. The second-order valence-corrected chi connectivity index (χ2v) is 6.29. The van der Waals surface area contributed by atoms with Gasteiger partial charge in [-0.15, -0.1) is 0 Å². The number of piperazine rings is 1. The maximum absolute atomic E-state index is 12.9. The summed E-state index contributed by atoms with van der Waals surface area (Å²) in [5, 5.41) is 2.72. The van der Waals surface area contributed by atoms with Gasteiger partial charge in [0.2, 0.25) is 11.8 Å². The summed E-state index contributed by atoms with van der Waals surface area (Å²) in [6.07, 6.45) is -4.47. The maximum Gasteiger partial charge on any atom is 0.417 e. The number of nitrogens with one attached hydrogen (secondary N) is 1. The number of carbonyl (C=O) groups excluding carboxylic acids is 2. The molecule has 2 rings (SSSR count). The number of amides is 2. The number of benzene rings is 1. The highest BCUT2D eigenvalue weighted by Gasteiger charge is 2.33. The molecule has 1 heterocycles. The van der Waals surface area contributed by atoms with Crippen molar-refractivity contribution in [3.05, 3.63) is 28.2 Å². The second kappa shape index (κ2) is 7.42. The van der Waals surface area contributed by atoms with E-state index in [1.54, 1.807) is 9.80 Å². The zero-order valence-corrected chi connectivity index (χ0v) is 14.6. The van der Waals surface area contributed by atoms with Crippen molar-refractivity contribution in [2.75, 3.05) is 38.0 Å². The molecule has 1 aromatic rings. The molecule has 2 amide bonds. The number of anilines is 1. The Kier molecular flexibility index (Phi) is 5.74. The SMILES string of the molecule is CC(=O)N1CCN(C(=O)CNc2ccc(Br)c(C(F)(F)F)c2)CC1. The third-order valence-electron chi connectivity index (χ3n) is 3.79. The van der Waals surface area contributed by atoms with Gasteiger partial charge in [0.15, 0.2) is 0 Å². The van der Waals surface area contributed by atoms with Crippen molar-refractivity contribution < 1.29 is 22.8 Å². The first-order chi connectivity index (χ1) is 11.2. The van der Waals surface area contributed by atoms with Crippen LogP contribution in [-0.4, -0.2) is 54.3 Å². The van der Waals surface area contributed by atoms with Gasteiger partial charge in [0, 0.05) is 43.3 Å². The fraction of sp³-hybridized carbons (Fsp3) is 0.467. The van der Waals surface area contributed by atoms with Gasteiger partial charge in [-0.05, 0) is 18.2 Å². The number of hydrogen-bond acceptors (Lipinski definition) is 3. The predicted octanol–water partition coefficient (Wildman–Crippen LogP) is 2.57. The Morgan fingerprint density at radius 1 is 1.17 bits per heavy atom. The van der Waals surface area contributed by atoms with Gasteiger partial charge in [-0.3, -0.25) is 9.59 Å². The third-order valence-corrected chi connectivity index (χ3v) is 4.48. The Balaban J connectivity index is 1.92. The van der Waals surface area contributed by atoms with Crippen LogP contribution in [0.5, 0.6) is 0 Å². The topological polar surface area (TPSA) is 52.7 Å². The molecule has 0 atom stereocenters. The zero-order chi connectivity index (χ0) is 17.9. The summed E-state index contributed by atoms with van der Waals surface area (Å²) in [4.78, 5) is 26.6. The van der Waals surface area contributed by atoms with Gasteiger partial charge in [-0.25, -0.2) is 0 Å². The molecular formula is C15H17BrF3N3O2. The quantitative estimate of drug-likeness (QED) is 0.837. The summed E-state index contributed by atoms with van der Waals surface area (Å²) in [5.41, 5.74) is -0.573. The van der Waals surface area contributed by atoms with Gasteiger partial charge in [-0.1, -0.05) is 15.9 Å². The van der Waals surface area contributed by atoms with Gasteiger partial charge in [0.25, 0.3) is 0 Å². The van der Waals surface area contributed by atoms with E-state index in [4.69, 9.17) is 0 Å². The molecule has 1 aromatic carbocycles. The van der Waals surface area contributed by atoms with Crippen LogP contribution in [-0.2, 0) is 15.8 Å². The van der Waals surface area contributed by atoms with Gasteiger partial charge >= 0.3 is 6.18 Å². The summed E-state index contributed by atoms with van der Waals surface area (Å²) in [6, 6.07) is 3.73. The highest BCUT2D eigenvalue weighted by Crippen LogP contribution is 2.36. The van der Waals surface area contributed by atoms with Crippen LogP contribution in [0.1, 0.15) is 12.5 Å². The van der Waals surface area contributed by atoms with Crippen molar-refractivity contribution in [1.29, 1.82) is 0 Å². The van der Waals surface area contributed by atoms with Crippen LogP contribution in [0.15, 0.2) is 22.7 Å². The van der Waals surface area contributed by atoms with Crippen molar-refractivity contribution in [2.24, 2.45) is 0 Å². The second-order valence-electron chi connectivity index (χ2n) is 5.43. The molecule has 1 aliphatic rings. The van der Waals surface area contributed by atoms with E-state index in [0.717, 1.165) is 6.07 Å². The fourth-order valence-electron chi connectivity index (χ4n) is 2.41. The number of hydrogen-bond donors (Lipinski definition) is 1. The lowest BCUT2D eigenvalue weighted by atomic mass is 10.2. The molecule has 0 bridgehead atoms. The van der Waals surface area contributed by atoms with Crippen LogP contribution in [0.25, 0.3) is 0 Å². The van der Waals surface area contributed by atoms with Crippen molar-refractivity contribution in [3.63, 3.8) is 0 Å². The normalized spacial score (nSPS) is 15.4. The summed E-state index contributed by atoms with van der Waals surface area (Å²) >= 11 is 2.87. The van der Waals surface area contributed by atoms with E-state index in [-0.39, 0.29) is 28.5 Å². The van der Waals surface area contributed by atoms with Crippen molar-refractivity contribution in [3.8, 4) is 0 Å². The van der Waals surface area contributed by atoms with E-state index < -0.39 is 11.7 Å². The number of halogens is 4. The number of rotatable bonds is 3. The van der Waals surface area contributed by atoms with Crippen LogP contribution in [0, 0.1) is 0 Å². The summed E-state index contributed by atoms with van der Waals surface area (Å²) in [6.45, 7) is 3.17. The minimum absolute atomic E-state index is 0.0326. The molecule has 0 spiro atoms. The summed E-state index contributed by atoms with van der Waals surface area (Å²) < 4.78 is 38.5. The smallest absolute Gasteiger partial charge is 0.376 e. The Morgan fingerprint density at radius 2 is 1.75 bits per heavy atom. The van der Waals surface area contributed by atoms with Crippen LogP contribution in [0.4, 0.5) is 18.9 Å². The van der Waals surface area contributed by atoms with E-state index in [9.17, 15) is 22.8 Å². The molecule has 5 nitrogen and oxygen atoms in total. The van der Waals surface area contributed by atoms with E-state index in [2.05, 4.69) is 21.2 Å². The van der Waals surface area contributed by atoms with E-state index >= 15 is 0 Å². The molecule has 1 aliphatic heterocycles. The molecule has 132 valence electrons. The molecule has 1 N–H and O–H groups in total. The number of carbonyl (C=O) groups is 2. The Morgan fingerprint density at radius 3 is 2.29 bits per heavy atom. The molecule has 0 unspecified atom stereocenters. The molecule has 0 saturated carbocycles. The lowest BCUT2D eigenvalue weighted by molar-refractivity contribution is -0.138. The molecule has 0 aromatic heterocycles. The molecule has 0 radical (unpaired) electrons. The molecule has 1 saturated heterocycles. The minimum Gasteiger partial charge on any atom is -0.376 e. The van der Waals surface area contributed by atoms with Crippen molar-refractivity contribution in [1.82, 2.24) is 9.80 Å². The molecule has 9 heteroatoms.